The maximum atomic E-state index is 13.8. The van der Waals surface area contributed by atoms with Crippen LogP contribution >= 0.6 is 0 Å². The Balaban J connectivity index is 2.06. The summed E-state index contributed by atoms with van der Waals surface area (Å²) in [4.78, 5) is 11.9. The second-order valence-corrected chi connectivity index (χ2v) is 4.70. The van der Waals surface area contributed by atoms with E-state index in [4.69, 9.17) is 10.5 Å². The maximum Gasteiger partial charge on any atom is 0.254 e. The maximum absolute atomic E-state index is 13.8. The van der Waals surface area contributed by atoms with Crippen molar-refractivity contribution in [3.63, 3.8) is 0 Å². The Morgan fingerprint density at radius 1 is 1.50 bits per heavy atom. The minimum Gasteiger partial charge on any atom is -0.399 e. The number of carbonyl (C=O) groups excluding carboxylic acids is 1. The smallest absolute Gasteiger partial charge is 0.254 e. The van der Waals surface area contributed by atoms with E-state index in [2.05, 4.69) is 5.32 Å². The van der Waals surface area contributed by atoms with E-state index in [1.165, 1.54) is 12.1 Å². The van der Waals surface area contributed by atoms with Gasteiger partial charge in [-0.05, 0) is 37.5 Å². The number of rotatable bonds is 3. The van der Waals surface area contributed by atoms with Crippen molar-refractivity contribution in [2.24, 2.45) is 0 Å². The lowest BCUT2D eigenvalue weighted by Gasteiger charge is -2.34. The fourth-order valence-corrected chi connectivity index (χ4v) is 2.10. The predicted molar refractivity (Wildman–Crippen MR) is 66.8 cm³/mol. The Labute approximate surface area is 105 Å². The van der Waals surface area contributed by atoms with Gasteiger partial charge in [-0.3, -0.25) is 4.79 Å². The molecule has 18 heavy (non-hydrogen) atoms. The summed E-state index contributed by atoms with van der Waals surface area (Å²) in [5.74, 6) is -0.924. The molecule has 1 aromatic rings. The number of aryl methyl sites for hydroxylation is 1. The first-order valence-corrected chi connectivity index (χ1v) is 5.90. The number of methoxy groups -OCH3 is 1. The van der Waals surface area contributed by atoms with Crippen LogP contribution in [-0.2, 0) is 4.74 Å². The Morgan fingerprint density at radius 3 is 2.78 bits per heavy atom. The van der Waals surface area contributed by atoms with Gasteiger partial charge < -0.3 is 15.8 Å². The van der Waals surface area contributed by atoms with Gasteiger partial charge in [0.1, 0.15) is 5.82 Å². The second-order valence-electron chi connectivity index (χ2n) is 4.70. The lowest BCUT2D eigenvalue weighted by atomic mass is 9.89. The van der Waals surface area contributed by atoms with Crippen molar-refractivity contribution >= 4 is 11.6 Å². The summed E-state index contributed by atoms with van der Waals surface area (Å²) in [6.45, 7) is 1.59. The SMILES string of the molecule is COC1CC(NC(=O)c2cc(N)cc(C)c2F)C1. The van der Waals surface area contributed by atoms with E-state index in [1.807, 2.05) is 0 Å². The monoisotopic (exact) mass is 252 g/mol. The van der Waals surface area contributed by atoms with Crippen LogP contribution in [0.15, 0.2) is 12.1 Å². The number of anilines is 1. The highest BCUT2D eigenvalue weighted by molar-refractivity contribution is 5.95. The van der Waals surface area contributed by atoms with Crippen molar-refractivity contribution in [1.29, 1.82) is 0 Å². The molecular formula is C13H17FN2O2. The minimum absolute atomic E-state index is 0.00775. The van der Waals surface area contributed by atoms with Crippen LogP contribution in [0.4, 0.5) is 10.1 Å². The number of ether oxygens (including phenoxy) is 1. The summed E-state index contributed by atoms with van der Waals surface area (Å²) >= 11 is 0. The van der Waals surface area contributed by atoms with Crippen LogP contribution in [0, 0.1) is 12.7 Å². The highest BCUT2D eigenvalue weighted by Gasteiger charge is 2.31. The Bertz CT molecular complexity index is 470. The molecular weight excluding hydrogens is 235 g/mol. The molecule has 2 rings (SSSR count). The van der Waals surface area contributed by atoms with Crippen molar-refractivity contribution in [3.8, 4) is 0 Å². The summed E-state index contributed by atoms with van der Waals surface area (Å²) in [5, 5.41) is 2.78. The number of hydrogen-bond acceptors (Lipinski definition) is 3. The molecule has 98 valence electrons. The first-order valence-electron chi connectivity index (χ1n) is 5.90. The Kier molecular flexibility index (Phi) is 3.52. The fraction of sp³-hybridized carbons (Fsp3) is 0.462. The number of amides is 1. The zero-order valence-corrected chi connectivity index (χ0v) is 10.5. The summed E-state index contributed by atoms with van der Waals surface area (Å²) < 4.78 is 18.9. The van der Waals surface area contributed by atoms with Crippen molar-refractivity contribution in [2.45, 2.75) is 31.9 Å². The van der Waals surface area contributed by atoms with Crippen LogP contribution in [0.2, 0.25) is 0 Å². The summed E-state index contributed by atoms with van der Waals surface area (Å²) in [7, 11) is 1.64. The fourth-order valence-electron chi connectivity index (χ4n) is 2.10. The van der Waals surface area contributed by atoms with Gasteiger partial charge in [-0.2, -0.15) is 0 Å². The van der Waals surface area contributed by atoms with Gasteiger partial charge in [0.15, 0.2) is 0 Å². The number of nitrogens with one attached hydrogen (secondary N) is 1. The molecule has 1 aliphatic rings. The average Bonchev–Trinajstić information content (AvgIpc) is 2.27. The van der Waals surface area contributed by atoms with Crippen molar-refractivity contribution in [3.05, 3.63) is 29.1 Å². The van der Waals surface area contributed by atoms with Crippen LogP contribution in [-0.4, -0.2) is 25.2 Å². The molecule has 0 unspecified atom stereocenters. The van der Waals surface area contributed by atoms with Crippen molar-refractivity contribution < 1.29 is 13.9 Å². The third kappa shape index (κ3) is 2.46. The van der Waals surface area contributed by atoms with Crippen molar-refractivity contribution in [1.82, 2.24) is 5.32 Å². The number of carbonyl (C=O) groups is 1. The highest BCUT2D eigenvalue weighted by atomic mass is 19.1. The summed E-state index contributed by atoms with van der Waals surface area (Å²) in [5.41, 5.74) is 6.40. The zero-order chi connectivity index (χ0) is 13.3. The predicted octanol–water partition coefficient (Wildman–Crippen LogP) is 1.62. The first kappa shape index (κ1) is 12.8. The van der Waals surface area contributed by atoms with E-state index in [1.54, 1.807) is 14.0 Å². The molecule has 0 aromatic heterocycles. The molecule has 0 spiro atoms. The number of nitrogen functional groups attached to an aromatic ring is 1. The van der Waals surface area contributed by atoms with E-state index in [-0.39, 0.29) is 17.7 Å². The molecule has 1 aromatic carbocycles. The number of benzene rings is 1. The van der Waals surface area contributed by atoms with Crippen LogP contribution in [0.5, 0.6) is 0 Å². The van der Waals surface area contributed by atoms with Gasteiger partial charge >= 0.3 is 0 Å². The lowest BCUT2D eigenvalue weighted by molar-refractivity contribution is 0.0175. The molecule has 0 radical (unpaired) electrons. The molecule has 0 heterocycles. The van der Waals surface area contributed by atoms with Gasteiger partial charge in [-0.15, -0.1) is 0 Å². The van der Waals surface area contributed by atoms with E-state index < -0.39 is 11.7 Å². The largest absolute Gasteiger partial charge is 0.399 e. The van der Waals surface area contributed by atoms with Crippen LogP contribution < -0.4 is 11.1 Å². The zero-order valence-electron chi connectivity index (χ0n) is 10.5. The molecule has 1 saturated carbocycles. The Hall–Kier alpha value is -1.62. The Morgan fingerprint density at radius 2 is 2.17 bits per heavy atom. The minimum atomic E-state index is -0.510. The quantitative estimate of drug-likeness (QED) is 0.803. The first-order chi connectivity index (χ1) is 8.51. The van der Waals surface area contributed by atoms with E-state index in [0.29, 0.717) is 11.3 Å². The summed E-state index contributed by atoms with van der Waals surface area (Å²) in [6, 6.07) is 2.93. The molecule has 5 heteroatoms. The van der Waals surface area contributed by atoms with Gasteiger partial charge in [-0.1, -0.05) is 0 Å². The van der Waals surface area contributed by atoms with Gasteiger partial charge in [0.25, 0.3) is 5.91 Å². The molecule has 0 atom stereocenters. The molecule has 0 saturated heterocycles. The number of hydrogen-bond donors (Lipinski definition) is 2. The van der Waals surface area contributed by atoms with Gasteiger partial charge in [0.05, 0.1) is 11.7 Å². The van der Waals surface area contributed by atoms with E-state index >= 15 is 0 Å². The number of halogens is 1. The summed E-state index contributed by atoms with van der Waals surface area (Å²) in [6.07, 6.45) is 1.73. The highest BCUT2D eigenvalue weighted by Crippen LogP contribution is 2.24. The third-order valence-corrected chi connectivity index (χ3v) is 3.28. The molecule has 3 N–H and O–H groups in total. The lowest BCUT2D eigenvalue weighted by Crippen LogP contribution is -2.47. The van der Waals surface area contributed by atoms with E-state index in [0.717, 1.165) is 12.8 Å². The standard InChI is InChI=1S/C13H17FN2O2/c1-7-3-8(15)4-11(12(7)14)13(17)16-9-5-10(6-9)18-2/h3-4,9-10H,5-6,15H2,1-2H3,(H,16,17). The van der Waals surface area contributed by atoms with Crippen LogP contribution in [0.1, 0.15) is 28.8 Å². The van der Waals surface area contributed by atoms with Crippen LogP contribution in [0.25, 0.3) is 0 Å². The average molecular weight is 252 g/mol. The molecule has 0 bridgehead atoms. The topological polar surface area (TPSA) is 64.3 Å². The molecule has 1 fully saturated rings. The molecule has 1 amide bonds. The normalized spacial score (nSPS) is 22.4. The third-order valence-electron chi connectivity index (χ3n) is 3.28. The number of nitrogens with two attached hydrogens (primary N) is 1. The van der Waals surface area contributed by atoms with E-state index in [9.17, 15) is 9.18 Å². The van der Waals surface area contributed by atoms with Gasteiger partial charge in [0, 0.05) is 18.8 Å². The molecule has 4 nitrogen and oxygen atoms in total. The molecule has 1 aliphatic carbocycles. The van der Waals surface area contributed by atoms with Crippen LogP contribution in [0.3, 0.4) is 0 Å². The van der Waals surface area contributed by atoms with Gasteiger partial charge in [0.2, 0.25) is 0 Å². The second kappa shape index (κ2) is 4.94. The van der Waals surface area contributed by atoms with Crippen molar-refractivity contribution in [2.75, 3.05) is 12.8 Å². The van der Waals surface area contributed by atoms with Gasteiger partial charge in [-0.25, -0.2) is 4.39 Å². The molecule has 0 aliphatic heterocycles.